The molecule has 1 fully saturated rings. The molecule has 5 rings (SSSR count). The van der Waals surface area contributed by atoms with E-state index in [2.05, 4.69) is 41.0 Å². The molecule has 0 radical (unpaired) electrons. The zero-order valence-electron chi connectivity index (χ0n) is 19.1. The lowest BCUT2D eigenvalue weighted by molar-refractivity contribution is 0.218. The summed E-state index contributed by atoms with van der Waals surface area (Å²) in [7, 11) is 1.72. The highest BCUT2D eigenvalue weighted by Crippen LogP contribution is 2.31. The summed E-state index contributed by atoms with van der Waals surface area (Å²) in [6.07, 6.45) is 5.57. The standard InChI is InChI=1S/C24H32N6O2/c1-3-18-8-10-19(11-9-18)28-14-7-15-29-20-21(25-23(28)29)26(2)24(32)30(22(20)31)17-16-27-12-5-4-6-13-27/h8-11H,3-7,12-17H2,1-2H3. The Bertz CT molecular complexity index is 1230. The molecule has 170 valence electrons. The van der Waals surface area contributed by atoms with Gasteiger partial charge in [-0.2, -0.15) is 4.98 Å². The molecule has 1 saturated heterocycles. The van der Waals surface area contributed by atoms with Gasteiger partial charge in [-0.05, 0) is 56.5 Å². The quantitative estimate of drug-likeness (QED) is 0.615. The van der Waals surface area contributed by atoms with E-state index in [1.54, 1.807) is 7.05 Å². The summed E-state index contributed by atoms with van der Waals surface area (Å²) in [5.41, 5.74) is 2.86. The van der Waals surface area contributed by atoms with E-state index < -0.39 is 0 Å². The van der Waals surface area contributed by atoms with Crippen molar-refractivity contribution in [3.63, 3.8) is 0 Å². The molecule has 0 saturated carbocycles. The Balaban J connectivity index is 1.56. The van der Waals surface area contributed by atoms with Gasteiger partial charge in [0.15, 0.2) is 11.2 Å². The van der Waals surface area contributed by atoms with E-state index in [0.717, 1.165) is 57.2 Å². The Morgan fingerprint density at radius 2 is 1.66 bits per heavy atom. The van der Waals surface area contributed by atoms with Crippen LogP contribution in [0.3, 0.4) is 0 Å². The lowest BCUT2D eigenvalue weighted by Gasteiger charge is -2.29. The maximum atomic E-state index is 13.5. The van der Waals surface area contributed by atoms with Crippen molar-refractivity contribution in [2.24, 2.45) is 7.05 Å². The summed E-state index contributed by atoms with van der Waals surface area (Å²) in [5, 5.41) is 0. The second-order valence-electron chi connectivity index (χ2n) is 8.96. The minimum atomic E-state index is -0.284. The predicted octanol–water partition coefficient (Wildman–Crippen LogP) is 2.49. The molecule has 2 aliphatic rings. The Hall–Kier alpha value is -2.87. The zero-order chi connectivity index (χ0) is 22.2. The first-order chi connectivity index (χ1) is 15.6. The molecule has 2 aromatic heterocycles. The normalized spacial score (nSPS) is 17.1. The molecule has 4 heterocycles. The summed E-state index contributed by atoms with van der Waals surface area (Å²) >= 11 is 0. The molecule has 3 aromatic rings. The Kier molecular flexibility index (Phi) is 5.63. The van der Waals surface area contributed by atoms with Crippen LogP contribution in [0.1, 0.15) is 38.2 Å². The third-order valence-electron chi connectivity index (χ3n) is 6.96. The van der Waals surface area contributed by atoms with E-state index in [-0.39, 0.29) is 11.2 Å². The maximum absolute atomic E-state index is 13.5. The first-order valence-electron chi connectivity index (χ1n) is 11.9. The fraction of sp³-hybridized carbons (Fsp3) is 0.542. The summed E-state index contributed by atoms with van der Waals surface area (Å²) in [6, 6.07) is 8.51. The fourth-order valence-electron chi connectivity index (χ4n) is 5.04. The van der Waals surface area contributed by atoms with Crippen molar-refractivity contribution >= 4 is 22.8 Å². The molecule has 0 bridgehead atoms. The summed E-state index contributed by atoms with van der Waals surface area (Å²) in [6.45, 7) is 6.96. The van der Waals surface area contributed by atoms with E-state index in [0.29, 0.717) is 17.7 Å². The van der Waals surface area contributed by atoms with Crippen molar-refractivity contribution in [3.05, 3.63) is 50.7 Å². The van der Waals surface area contributed by atoms with Crippen LogP contribution in [0.2, 0.25) is 0 Å². The van der Waals surface area contributed by atoms with Crippen LogP contribution in [0, 0.1) is 0 Å². The second-order valence-corrected chi connectivity index (χ2v) is 8.96. The van der Waals surface area contributed by atoms with Crippen LogP contribution in [-0.2, 0) is 26.6 Å². The monoisotopic (exact) mass is 436 g/mol. The number of benzene rings is 1. The van der Waals surface area contributed by atoms with Gasteiger partial charge in [0.2, 0.25) is 5.95 Å². The van der Waals surface area contributed by atoms with Gasteiger partial charge in [0.1, 0.15) is 0 Å². The molecule has 32 heavy (non-hydrogen) atoms. The van der Waals surface area contributed by atoms with Gasteiger partial charge in [0.05, 0.1) is 0 Å². The predicted molar refractivity (Wildman–Crippen MR) is 127 cm³/mol. The number of imidazole rings is 1. The number of hydrogen-bond donors (Lipinski definition) is 0. The Labute approximate surface area is 187 Å². The highest BCUT2D eigenvalue weighted by atomic mass is 16.2. The minimum absolute atomic E-state index is 0.220. The molecule has 0 spiro atoms. The average Bonchev–Trinajstić information content (AvgIpc) is 3.23. The number of piperidine rings is 1. The van der Waals surface area contributed by atoms with Gasteiger partial charge in [0.25, 0.3) is 5.56 Å². The maximum Gasteiger partial charge on any atom is 0.332 e. The third kappa shape index (κ3) is 3.56. The smallest absolute Gasteiger partial charge is 0.312 e. The summed E-state index contributed by atoms with van der Waals surface area (Å²) < 4.78 is 4.95. The van der Waals surface area contributed by atoms with Crippen LogP contribution in [0.25, 0.3) is 11.2 Å². The molecule has 0 amide bonds. The largest absolute Gasteiger partial charge is 0.332 e. The molecular formula is C24H32N6O2. The zero-order valence-corrected chi connectivity index (χ0v) is 19.1. The van der Waals surface area contributed by atoms with Crippen LogP contribution in [0.15, 0.2) is 33.9 Å². The van der Waals surface area contributed by atoms with Gasteiger partial charge in [-0.15, -0.1) is 0 Å². The molecule has 0 aliphatic carbocycles. The fourth-order valence-corrected chi connectivity index (χ4v) is 5.04. The molecule has 8 nitrogen and oxygen atoms in total. The lowest BCUT2D eigenvalue weighted by atomic mass is 10.1. The van der Waals surface area contributed by atoms with Crippen molar-refractivity contribution in [3.8, 4) is 0 Å². The molecule has 0 unspecified atom stereocenters. The van der Waals surface area contributed by atoms with Gasteiger partial charge < -0.3 is 14.4 Å². The molecule has 2 aliphatic heterocycles. The van der Waals surface area contributed by atoms with Crippen molar-refractivity contribution in [2.45, 2.75) is 52.1 Å². The third-order valence-corrected chi connectivity index (χ3v) is 6.96. The molecular weight excluding hydrogens is 404 g/mol. The highest BCUT2D eigenvalue weighted by Gasteiger charge is 2.27. The van der Waals surface area contributed by atoms with E-state index in [9.17, 15) is 9.59 Å². The second kappa shape index (κ2) is 8.58. The van der Waals surface area contributed by atoms with Gasteiger partial charge >= 0.3 is 5.69 Å². The lowest BCUT2D eigenvalue weighted by Crippen LogP contribution is -2.43. The highest BCUT2D eigenvalue weighted by molar-refractivity contribution is 5.77. The first kappa shape index (κ1) is 21.0. The van der Waals surface area contributed by atoms with Crippen LogP contribution in [0.5, 0.6) is 0 Å². The number of aromatic nitrogens is 4. The first-order valence-corrected chi connectivity index (χ1v) is 11.9. The average molecular weight is 437 g/mol. The SMILES string of the molecule is CCc1ccc(N2CCCn3c2nc2c3c(=O)n(CCN3CCCCC3)c(=O)n2C)cc1. The van der Waals surface area contributed by atoms with Crippen LogP contribution in [-0.4, -0.2) is 49.8 Å². The van der Waals surface area contributed by atoms with Gasteiger partial charge in [-0.25, -0.2) is 4.79 Å². The van der Waals surface area contributed by atoms with E-state index >= 15 is 0 Å². The minimum Gasteiger partial charge on any atom is -0.312 e. The number of nitrogens with zero attached hydrogens (tertiary/aromatic N) is 6. The number of anilines is 2. The Morgan fingerprint density at radius 1 is 0.906 bits per heavy atom. The van der Waals surface area contributed by atoms with Crippen molar-refractivity contribution in [1.29, 1.82) is 0 Å². The number of aryl methyl sites for hydroxylation is 3. The van der Waals surface area contributed by atoms with Crippen molar-refractivity contribution < 1.29 is 0 Å². The number of rotatable bonds is 5. The van der Waals surface area contributed by atoms with Gasteiger partial charge in [-0.3, -0.25) is 13.9 Å². The number of fused-ring (bicyclic) bond motifs is 3. The summed E-state index contributed by atoms with van der Waals surface area (Å²) in [4.78, 5) is 35.8. The van der Waals surface area contributed by atoms with Crippen molar-refractivity contribution in [1.82, 2.24) is 23.6 Å². The van der Waals surface area contributed by atoms with Crippen molar-refractivity contribution in [2.75, 3.05) is 31.1 Å². The van der Waals surface area contributed by atoms with Crippen LogP contribution >= 0.6 is 0 Å². The topological polar surface area (TPSA) is 68.3 Å². The van der Waals surface area contributed by atoms with Gasteiger partial charge in [-0.1, -0.05) is 25.5 Å². The molecule has 1 aromatic carbocycles. The number of likely N-dealkylation sites (tertiary alicyclic amines) is 1. The molecule has 0 N–H and O–H groups in total. The Morgan fingerprint density at radius 3 is 2.38 bits per heavy atom. The van der Waals surface area contributed by atoms with Gasteiger partial charge in [0, 0.05) is 38.9 Å². The molecule has 0 atom stereocenters. The van der Waals surface area contributed by atoms with Crippen LogP contribution in [0.4, 0.5) is 11.6 Å². The summed E-state index contributed by atoms with van der Waals surface area (Å²) in [5.74, 6) is 0.747. The van der Waals surface area contributed by atoms with E-state index in [1.165, 1.54) is 34.0 Å². The number of hydrogen-bond acceptors (Lipinski definition) is 5. The van der Waals surface area contributed by atoms with Crippen LogP contribution < -0.4 is 16.1 Å². The molecule has 8 heteroatoms. The van der Waals surface area contributed by atoms with E-state index in [1.807, 2.05) is 4.57 Å². The van der Waals surface area contributed by atoms with E-state index in [4.69, 9.17) is 4.98 Å².